The van der Waals surface area contributed by atoms with E-state index in [4.69, 9.17) is 10.2 Å². The van der Waals surface area contributed by atoms with E-state index < -0.39 is 0 Å². The SMILES string of the molecule is CC(N)CCC(=O)NCc1ccc(-c2nc3ccccc3s2)o1.Cl. The first kappa shape index (κ1) is 18.4. The Morgan fingerprint density at radius 1 is 1.33 bits per heavy atom. The summed E-state index contributed by atoms with van der Waals surface area (Å²) in [6.07, 6.45) is 1.12. The van der Waals surface area contributed by atoms with Gasteiger partial charge in [0.05, 0.1) is 16.8 Å². The lowest BCUT2D eigenvalue weighted by atomic mass is 10.2. The number of para-hydroxylation sites is 1. The van der Waals surface area contributed by atoms with Crippen molar-refractivity contribution >= 4 is 39.9 Å². The zero-order chi connectivity index (χ0) is 16.2. The van der Waals surface area contributed by atoms with Gasteiger partial charge in [-0.3, -0.25) is 4.79 Å². The molecule has 0 saturated carbocycles. The number of amides is 1. The lowest BCUT2D eigenvalue weighted by Gasteiger charge is -2.05. The van der Waals surface area contributed by atoms with Gasteiger partial charge in [-0.15, -0.1) is 23.7 Å². The molecule has 5 nitrogen and oxygen atoms in total. The van der Waals surface area contributed by atoms with Gasteiger partial charge in [0.1, 0.15) is 5.76 Å². The smallest absolute Gasteiger partial charge is 0.220 e. The number of carbonyl (C=O) groups excluding carboxylic acids is 1. The summed E-state index contributed by atoms with van der Waals surface area (Å²) in [5.74, 6) is 1.43. The molecule has 0 aliphatic heterocycles. The number of halogens is 1. The van der Waals surface area contributed by atoms with E-state index in [1.165, 1.54) is 0 Å². The van der Waals surface area contributed by atoms with Crippen molar-refractivity contribution in [1.82, 2.24) is 10.3 Å². The van der Waals surface area contributed by atoms with Crippen LogP contribution >= 0.6 is 23.7 Å². The summed E-state index contributed by atoms with van der Waals surface area (Å²) in [4.78, 5) is 16.3. The fourth-order valence-corrected chi connectivity index (χ4v) is 3.13. The van der Waals surface area contributed by atoms with Crippen LogP contribution in [-0.2, 0) is 11.3 Å². The number of nitrogens with one attached hydrogen (secondary N) is 1. The Labute approximate surface area is 150 Å². The van der Waals surface area contributed by atoms with E-state index in [0.29, 0.717) is 25.1 Å². The van der Waals surface area contributed by atoms with E-state index in [0.717, 1.165) is 21.0 Å². The van der Waals surface area contributed by atoms with E-state index in [1.54, 1.807) is 11.3 Å². The first-order valence-corrected chi connectivity index (χ1v) is 8.40. The number of carbonyl (C=O) groups is 1. The molecule has 3 N–H and O–H groups in total. The molecule has 1 unspecified atom stereocenters. The van der Waals surface area contributed by atoms with Gasteiger partial charge in [0.2, 0.25) is 5.91 Å². The molecule has 3 rings (SSSR count). The summed E-state index contributed by atoms with van der Waals surface area (Å²) >= 11 is 1.59. The Kier molecular flexibility index (Phi) is 6.36. The molecule has 128 valence electrons. The Bertz CT molecular complexity index is 780. The Balaban J connectivity index is 0.00000208. The van der Waals surface area contributed by atoms with Crippen LogP contribution < -0.4 is 11.1 Å². The number of hydrogen-bond acceptors (Lipinski definition) is 5. The zero-order valence-corrected chi connectivity index (χ0v) is 15.0. The number of aromatic nitrogens is 1. The monoisotopic (exact) mass is 365 g/mol. The second kappa shape index (κ2) is 8.28. The lowest BCUT2D eigenvalue weighted by molar-refractivity contribution is -0.121. The second-order valence-electron chi connectivity index (χ2n) is 5.55. The molecule has 0 aliphatic carbocycles. The van der Waals surface area contributed by atoms with Crippen LogP contribution in [0.4, 0.5) is 0 Å². The minimum Gasteiger partial charge on any atom is -0.457 e. The van der Waals surface area contributed by atoms with Crippen LogP contribution in [0.25, 0.3) is 21.0 Å². The van der Waals surface area contributed by atoms with Gasteiger partial charge in [-0.25, -0.2) is 4.98 Å². The fourth-order valence-electron chi connectivity index (χ4n) is 2.20. The third-order valence-electron chi connectivity index (χ3n) is 3.45. The number of benzene rings is 1. The number of nitrogens with two attached hydrogens (primary N) is 1. The second-order valence-corrected chi connectivity index (χ2v) is 6.58. The van der Waals surface area contributed by atoms with Crippen LogP contribution in [0.3, 0.4) is 0 Å². The summed E-state index contributed by atoms with van der Waals surface area (Å²) in [5.41, 5.74) is 6.61. The van der Waals surface area contributed by atoms with Crippen molar-refractivity contribution in [3.05, 3.63) is 42.2 Å². The van der Waals surface area contributed by atoms with Gasteiger partial charge in [0.15, 0.2) is 10.8 Å². The van der Waals surface area contributed by atoms with E-state index in [9.17, 15) is 4.79 Å². The Hall–Kier alpha value is -1.89. The van der Waals surface area contributed by atoms with Crippen LogP contribution in [0, 0.1) is 0 Å². The summed E-state index contributed by atoms with van der Waals surface area (Å²) in [6, 6.07) is 11.8. The van der Waals surface area contributed by atoms with Crippen LogP contribution in [0.15, 0.2) is 40.8 Å². The fraction of sp³-hybridized carbons (Fsp3) is 0.294. The van der Waals surface area contributed by atoms with Gasteiger partial charge in [-0.2, -0.15) is 0 Å². The maximum Gasteiger partial charge on any atom is 0.220 e. The predicted octanol–water partition coefficient (Wildman–Crippen LogP) is 3.72. The molecular formula is C17H20ClN3O2S. The number of nitrogens with zero attached hydrogens (tertiary/aromatic N) is 1. The predicted molar refractivity (Wildman–Crippen MR) is 99.3 cm³/mol. The first-order chi connectivity index (χ1) is 11.1. The average molecular weight is 366 g/mol. The summed E-state index contributed by atoms with van der Waals surface area (Å²) in [5, 5.41) is 3.69. The first-order valence-electron chi connectivity index (χ1n) is 7.59. The van der Waals surface area contributed by atoms with Crippen molar-refractivity contribution in [2.75, 3.05) is 0 Å². The molecular weight excluding hydrogens is 346 g/mol. The molecule has 0 saturated heterocycles. The highest BCUT2D eigenvalue weighted by atomic mass is 35.5. The number of thiazole rings is 1. The van der Waals surface area contributed by atoms with Crippen molar-refractivity contribution in [3.63, 3.8) is 0 Å². The third-order valence-corrected chi connectivity index (χ3v) is 4.50. The highest BCUT2D eigenvalue weighted by molar-refractivity contribution is 7.21. The molecule has 2 heterocycles. The molecule has 0 spiro atoms. The van der Waals surface area contributed by atoms with Gasteiger partial charge in [-0.1, -0.05) is 12.1 Å². The normalized spacial score (nSPS) is 11.9. The van der Waals surface area contributed by atoms with Crippen LogP contribution in [0.2, 0.25) is 0 Å². The maximum atomic E-state index is 11.7. The topological polar surface area (TPSA) is 81.2 Å². The Morgan fingerprint density at radius 2 is 2.12 bits per heavy atom. The van der Waals surface area contributed by atoms with Crippen molar-refractivity contribution in [2.24, 2.45) is 5.73 Å². The average Bonchev–Trinajstić information content (AvgIpc) is 3.16. The number of fused-ring (bicyclic) bond motifs is 1. The van der Waals surface area contributed by atoms with E-state index in [2.05, 4.69) is 10.3 Å². The largest absolute Gasteiger partial charge is 0.457 e. The van der Waals surface area contributed by atoms with Crippen molar-refractivity contribution in [3.8, 4) is 10.8 Å². The lowest BCUT2D eigenvalue weighted by Crippen LogP contribution is -2.25. The maximum absolute atomic E-state index is 11.7. The van der Waals surface area contributed by atoms with Gasteiger partial charge < -0.3 is 15.5 Å². The zero-order valence-electron chi connectivity index (χ0n) is 13.3. The van der Waals surface area contributed by atoms with Crippen LogP contribution in [-0.4, -0.2) is 16.9 Å². The van der Waals surface area contributed by atoms with Gasteiger partial charge in [-0.05, 0) is 37.6 Å². The van der Waals surface area contributed by atoms with Gasteiger partial charge in [0.25, 0.3) is 0 Å². The van der Waals surface area contributed by atoms with Gasteiger partial charge >= 0.3 is 0 Å². The summed E-state index contributed by atoms with van der Waals surface area (Å²) in [7, 11) is 0. The van der Waals surface area contributed by atoms with E-state index >= 15 is 0 Å². The quantitative estimate of drug-likeness (QED) is 0.697. The van der Waals surface area contributed by atoms with Crippen molar-refractivity contribution in [2.45, 2.75) is 32.4 Å². The molecule has 2 aromatic heterocycles. The highest BCUT2D eigenvalue weighted by Gasteiger charge is 2.11. The highest BCUT2D eigenvalue weighted by Crippen LogP contribution is 2.31. The molecule has 1 amide bonds. The minimum atomic E-state index is -0.0137. The van der Waals surface area contributed by atoms with Crippen LogP contribution in [0.5, 0.6) is 0 Å². The molecule has 0 aliphatic rings. The summed E-state index contributed by atoms with van der Waals surface area (Å²) in [6.45, 7) is 2.27. The molecule has 0 bridgehead atoms. The van der Waals surface area contributed by atoms with Gasteiger partial charge in [0, 0.05) is 12.5 Å². The number of hydrogen-bond donors (Lipinski definition) is 2. The molecule has 1 aromatic carbocycles. The molecule has 7 heteroatoms. The standard InChI is InChI=1S/C17H19N3O2S.ClH/c1-11(18)6-9-16(21)19-10-12-7-8-14(22-12)17-20-13-4-2-3-5-15(13)23-17;/h2-5,7-8,11H,6,9-10,18H2,1H3,(H,19,21);1H. The molecule has 3 aromatic rings. The Morgan fingerprint density at radius 3 is 2.88 bits per heavy atom. The number of furan rings is 1. The van der Waals surface area contributed by atoms with E-state index in [-0.39, 0.29) is 24.4 Å². The molecule has 0 fully saturated rings. The molecule has 24 heavy (non-hydrogen) atoms. The summed E-state index contributed by atoms with van der Waals surface area (Å²) < 4.78 is 6.91. The van der Waals surface area contributed by atoms with E-state index in [1.807, 2.05) is 43.3 Å². The molecule has 0 radical (unpaired) electrons. The van der Waals surface area contributed by atoms with Crippen molar-refractivity contribution in [1.29, 1.82) is 0 Å². The number of rotatable bonds is 6. The van der Waals surface area contributed by atoms with Crippen molar-refractivity contribution < 1.29 is 9.21 Å². The third kappa shape index (κ3) is 4.56. The molecule has 1 atom stereocenters. The minimum absolute atomic E-state index is 0. The van der Waals surface area contributed by atoms with Crippen LogP contribution in [0.1, 0.15) is 25.5 Å².